The van der Waals surface area contributed by atoms with E-state index in [9.17, 15) is 4.79 Å². The summed E-state index contributed by atoms with van der Waals surface area (Å²) in [4.78, 5) is 25.5. The Hall–Kier alpha value is -1.89. The largest absolute Gasteiger partial charge is 0.355 e. The van der Waals surface area contributed by atoms with Crippen LogP contribution in [0.4, 0.5) is 0 Å². The molecule has 0 unspecified atom stereocenters. The van der Waals surface area contributed by atoms with Crippen molar-refractivity contribution in [3.63, 3.8) is 0 Å². The molecule has 0 aliphatic heterocycles. The second kappa shape index (κ2) is 7.15. The fraction of sp³-hybridized carbons (Fsp3) is 0.556. The molecule has 1 fully saturated rings. The van der Waals surface area contributed by atoms with E-state index in [1.54, 1.807) is 0 Å². The second-order valence-corrected chi connectivity index (χ2v) is 8.32. The van der Waals surface area contributed by atoms with Gasteiger partial charge in [0.25, 0.3) is 0 Å². The molecule has 3 rings (SSSR count). The molecule has 0 aromatic carbocycles. The number of aromatic nitrogens is 4. The van der Waals surface area contributed by atoms with E-state index in [2.05, 4.69) is 24.8 Å². The zero-order chi connectivity index (χ0) is 18.0. The number of carbonyl (C=O) groups excluding carboxylic acids is 1. The number of rotatable bonds is 7. The Bertz CT molecular complexity index is 748. The van der Waals surface area contributed by atoms with Gasteiger partial charge in [-0.25, -0.2) is 15.0 Å². The fourth-order valence-corrected chi connectivity index (χ4v) is 3.78. The van der Waals surface area contributed by atoms with E-state index in [-0.39, 0.29) is 16.6 Å². The summed E-state index contributed by atoms with van der Waals surface area (Å²) in [5.41, 5.74) is 2.03. The molecule has 6 nitrogen and oxygen atoms in total. The summed E-state index contributed by atoms with van der Waals surface area (Å²) in [7, 11) is 0. The van der Waals surface area contributed by atoms with Crippen molar-refractivity contribution in [2.45, 2.75) is 57.5 Å². The number of hydrogen-bond acceptors (Lipinski definition) is 5. The molecule has 1 aliphatic rings. The van der Waals surface area contributed by atoms with E-state index in [0.717, 1.165) is 36.6 Å². The molecular weight excluding hydrogens is 334 g/mol. The molecule has 0 bridgehead atoms. The summed E-state index contributed by atoms with van der Waals surface area (Å²) in [6, 6.07) is 1.93. The molecule has 0 radical (unpaired) electrons. The number of nitrogens with one attached hydrogen (secondary N) is 1. The van der Waals surface area contributed by atoms with Crippen LogP contribution in [0.15, 0.2) is 23.6 Å². The Balaban J connectivity index is 1.52. The molecule has 2 aromatic heterocycles. The molecule has 134 valence electrons. The molecule has 1 aliphatic carbocycles. The average molecular weight is 359 g/mol. The Morgan fingerprint density at radius 1 is 1.32 bits per heavy atom. The average Bonchev–Trinajstić information content (AvgIpc) is 3.19. The lowest BCUT2D eigenvalue weighted by atomic mass is 10.1. The second-order valence-electron chi connectivity index (χ2n) is 7.01. The molecule has 25 heavy (non-hydrogen) atoms. The molecule has 2 aromatic rings. The van der Waals surface area contributed by atoms with Gasteiger partial charge >= 0.3 is 0 Å². The summed E-state index contributed by atoms with van der Waals surface area (Å²) < 4.78 is 2.17. The molecule has 1 amide bonds. The normalized spacial score (nSPS) is 16.5. The van der Waals surface area contributed by atoms with Gasteiger partial charge in [0, 0.05) is 42.3 Å². The fourth-order valence-electron chi connectivity index (χ4n) is 2.88. The van der Waals surface area contributed by atoms with E-state index >= 15 is 0 Å². The van der Waals surface area contributed by atoms with Crippen LogP contribution < -0.4 is 5.32 Å². The van der Waals surface area contributed by atoms with Crippen LogP contribution in [0, 0.1) is 26.2 Å². The third-order valence-electron chi connectivity index (χ3n) is 4.64. The highest BCUT2D eigenvalue weighted by Gasteiger charge is 2.43. The van der Waals surface area contributed by atoms with Crippen LogP contribution in [0.3, 0.4) is 0 Å². The van der Waals surface area contributed by atoms with Crippen LogP contribution in [0.5, 0.6) is 0 Å². The summed E-state index contributed by atoms with van der Waals surface area (Å²) >= 11 is 1.41. The smallest absolute Gasteiger partial charge is 0.233 e. The van der Waals surface area contributed by atoms with E-state index in [1.807, 2.05) is 46.2 Å². The summed E-state index contributed by atoms with van der Waals surface area (Å²) in [5.74, 6) is 1.06. The molecule has 2 heterocycles. The molecular formula is C18H25N5OS. The van der Waals surface area contributed by atoms with E-state index < -0.39 is 0 Å². The number of thioether (sulfide) groups is 1. The Labute approximate surface area is 152 Å². The lowest BCUT2D eigenvalue weighted by Gasteiger charge is -2.19. The first-order chi connectivity index (χ1) is 11.9. The summed E-state index contributed by atoms with van der Waals surface area (Å²) in [5, 5.41) is 3.56. The highest BCUT2D eigenvalue weighted by molar-refractivity contribution is 8.00. The zero-order valence-corrected chi connectivity index (χ0v) is 16.1. The maximum absolute atomic E-state index is 12.5. The van der Waals surface area contributed by atoms with Gasteiger partial charge in [-0.1, -0.05) is 11.8 Å². The highest BCUT2D eigenvalue weighted by Crippen LogP contribution is 2.46. The topological polar surface area (TPSA) is 72.7 Å². The van der Waals surface area contributed by atoms with Crippen molar-refractivity contribution in [1.82, 2.24) is 24.8 Å². The minimum absolute atomic E-state index is 0.0430. The third kappa shape index (κ3) is 4.60. The van der Waals surface area contributed by atoms with Crippen molar-refractivity contribution < 1.29 is 4.79 Å². The standard InChI is InChI=1S/C18H25N5OS/c1-12-9-13(2)22-17(21-12)25-14(3)16(24)20-10-18(5-6-18)11-23-8-7-19-15(23)4/h7-9,14H,5-6,10-11H2,1-4H3,(H,20,24)/t14-/m1/s1. The van der Waals surface area contributed by atoms with Crippen LogP contribution in [0.1, 0.15) is 37.0 Å². The predicted octanol–water partition coefficient (Wildman–Crippen LogP) is 2.68. The van der Waals surface area contributed by atoms with Crippen molar-refractivity contribution in [2.75, 3.05) is 6.54 Å². The zero-order valence-electron chi connectivity index (χ0n) is 15.2. The number of amides is 1. The van der Waals surface area contributed by atoms with Gasteiger partial charge in [-0.3, -0.25) is 4.79 Å². The van der Waals surface area contributed by atoms with Crippen LogP contribution in [0.25, 0.3) is 0 Å². The van der Waals surface area contributed by atoms with E-state index in [0.29, 0.717) is 11.7 Å². The van der Waals surface area contributed by atoms with Crippen molar-refractivity contribution >= 4 is 17.7 Å². The van der Waals surface area contributed by atoms with Crippen molar-refractivity contribution in [2.24, 2.45) is 5.41 Å². The highest BCUT2D eigenvalue weighted by atomic mass is 32.2. The lowest BCUT2D eigenvalue weighted by molar-refractivity contribution is -0.120. The van der Waals surface area contributed by atoms with E-state index in [4.69, 9.17) is 0 Å². The van der Waals surface area contributed by atoms with Gasteiger partial charge in [-0.15, -0.1) is 0 Å². The molecule has 0 saturated heterocycles. The first-order valence-electron chi connectivity index (χ1n) is 8.61. The van der Waals surface area contributed by atoms with Gasteiger partial charge in [0.15, 0.2) is 5.16 Å². The Kier molecular flexibility index (Phi) is 5.13. The molecule has 1 saturated carbocycles. The first kappa shape index (κ1) is 17.9. The number of nitrogens with zero attached hydrogens (tertiary/aromatic N) is 4. The number of hydrogen-bond donors (Lipinski definition) is 1. The molecule has 0 spiro atoms. The lowest BCUT2D eigenvalue weighted by Crippen LogP contribution is -2.36. The predicted molar refractivity (Wildman–Crippen MR) is 98.5 cm³/mol. The first-order valence-corrected chi connectivity index (χ1v) is 9.49. The van der Waals surface area contributed by atoms with Crippen LogP contribution in [-0.2, 0) is 11.3 Å². The Morgan fingerprint density at radius 2 is 2.00 bits per heavy atom. The van der Waals surface area contributed by atoms with Crippen molar-refractivity contribution in [1.29, 1.82) is 0 Å². The minimum Gasteiger partial charge on any atom is -0.355 e. The van der Waals surface area contributed by atoms with Crippen LogP contribution in [-0.4, -0.2) is 37.2 Å². The van der Waals surface area contributed by atoms with Gasteiger partial charge in [0.2, 0.25) is 5.91 Å². The van der Waals surface area contributed by atoms with Crippen molar-refractivity contribution in [3.8, 4) is 0 Å². The monoisotopic (exact) mass is 359 g/mol. The number of imidazole rings is 1. The quantitative estimate of drug-likeness (QED) is 0.608. The minimum atomic E-state index is -0.216. The van der Waals surface area contributed by atoms with Gasteiger partial charge in [0.1, 0.15) is 5.82 Å². The van der Waals surface area contributed by atoms with Gasteiger partial charge in [-0.2, -0.15) is 0 Å². The van der Waals surface area contributed by atoms with Crippen molar-refractivity contribution in [3.05, 3.63) is 35.7 Å². The van der Waals surface area contributed by atoms with E-state index in [1.165, 1.54) is 11.8 Å². The SMILES string of the molecule is Cc1cc(C)nc(S[C@H](C)C(=O)NCC2(Cn3ccnc3C)CC2)n1. The van der Waals surface area contributed by atoms with Gasteiger partial charge in [0.05, 0.1) is 5.25 Å². The third-order valence-corrected chi connectivity index (χ3v) is 5.60. The molecule has 1 atom stereocenters. The summed E-state index contributed by atoms with van der Waals surface area (Å²) in [6.07, 6.45) is 6.12. The van der Waals surface area contributed by atoms with Gasteiger partial charge < -0.3 is 9.88 Å². The van der Waals surface area contributed by atoms with Crippen LogP contribution >= 0.6 is 11.8 Å². The molecule has 7 heteroatoms. The Morgan fingerprint density at radius 3 is 2.56 bits per heavy atom. The van der Waals surface area contributed by atoms with Gasteiger partial charge in [-0.05, 0) is 46.6 Å². The van der Waals surface area contributed by atoms with Crippen LogP contribution in [0.2, 0.25) is 0 Å². The summed E-state index contributed by atoms with van der Waals surface area (Å²) in [6.45, 7) is 9.43. The maximum Gasteiger partial charge on any atom is 0.233 e. The molecule has 1 N–H and O–H groups in total. The number of aryl methyl sites for hydroxylation is 3. The number of carbonyl (C=O) groups is 1. The maximum atomic E-state index is 12.5.